The van der Waals surface area contributed by atoms with Gasteiger partial charge in [-0.3, -0.25) is 0 Å². The molecule has 0 saturated heterocycles. The molecule has 0 atom stereocenters. The summed E-state index contributed by atoms with van der Waals surface area (Å²) < 4.78 is 32.0. The summed E-state index contributed by atoms with van der Waals surface area (Å²) in [5, 5.41) is 5.62. The van der Waals surface area contributed by atoms with Crippen molar-refractivity contribution in [1.82, 2.24) is 9.97 Å². The van der Waals surface area contributed by atoms with Gasteiger partial charge in [0.15, 0.2) is 0 Å². The van der Waals surface area contributed by atoms with E-state index in [4.69, 9.17) is 4.74 Å². The lowest BCUT2D eigenvalue weighted by molar-refractivity contribution is 0.197. The molecule has 0 aliphatic rings. The lowest BCUT2D eigenvalue weighted by Crippen LogP contribution is -2.08. The van der Waals surface area contributed by atoms with E-state index in [2.05, 4.69) is 20.6 Å². The fourth-order valence-corrected chi connectivity index (χ4v) is 1.68. The zero-order valence-corrected chi connectivity index (χ0v) is 11.6. The fourth-order valence-electron chi connectivity index (χ4n) is 1.68. The summed E-state index contributed by atoms with van der Waals surface area (Å²) in [5.41, 5.74) is -0.235. The molecule has 21 heavy (non-hydrogen) atoms. The Balaban J connectivity index is 2.04. The number of hydrogen-bond donors (Lipinski definition) is 2. The Morgan fingerprint density at radius 3 is 2.67 bits per heavy atom. The summed E-state index contributed by atoms with van der Waals surface area (Å²) in [6, 6.07) is 5.19. The van der Waals surface area contributed by atoms with Crippen molar-refractivity contribution in [2.75, 3.05) is 30.9 Å². The number of ether oxygens (including phenoxy) is 1. The molecule has 0 aliphatic carbocycles. The van der Waals surface area contributed by atoms with Gasteiger partial charge in [-0.1, -0.05) is 6.07 Å². The van der Waals surface area contributed by atoms with Crippen LogP contribution in [0.5, 0.6) is 0 Å². The van der Waals surface area contributed by atoms with Crippen molar-refractivity contribution in [2.45, 2.75) is 6.42 Å². The Morgan fingerprint density at radius 2 is 1.95 bits per heavy atom. The first-order valence-electron chi connectivity index (χ1n) is 6.47. The molecule has 1 aromatic heterocycles. The van der Waals surface area contributed by atoms with Crippen molar-refractivity contribution >= 4 is 17.5 Å². The van der Waals surface area contributed by atoms with Gasteiger partial charge in [0.05, 0.1) is 0 Å². The normalized spacial score (nSPS) is 10.4. The molecule has 2 rings (SSSR count). The van der Waals surface area contributed by atoms with E-state index in [-0.39, 0.29) is 5.69 Å². The highest BCUT2D eigenvalue weighted by molar-refractivity contribution is 5.58. The van der Waals surface area contributed by atoms with Gasteiger partial charge >= 0.3 is 0 Å². The quantitative estimate of drug-likeness (QED) is 0.769. The monoisotopic (exact) mass is 294 g/mol. The minimum Gasteiger partial charge on any atom is -0.385 e. The van der Waals surface area contributed by atoms with E-state index in [9.17, 15) is 8.78 Å². The van der Waals surface area contributed by atoms with Crippen LogP contribution in [-0.2, 0) is 4.74 Å². The molecule has 0 spiro atoms. The molecule has 1 aromatic carbocycles. The number of nitrogens with one attached hydrogen (secondary N) is 2. The van der Waals surface area contributed by atoms with Gasteiger partial charge in [-0.05, 0) is 24.6 Å². The Hall–Kier alpha value is -2.28. The van der Waals surface area contributed by atoms with Crippen molar-refractivity contribution < 1.29 is 13.5 Å². The maximum absolute atomic E-state index is 13.5. The molecule has 2 N–H and O–H groups in total. The first kappa shape index (κ1) is 15.1. The number of methoxy groups -OCH3 is 1. The molecule has 0 aliphatic heterocycles. The predicted molar refractivity (Wildman–Crippen MR) is 76.7 cm³/mol. The van der Waals surface area contributed by atoms with E-state index in [0.29, 0.717) is 24.9 Å². The first-order valence-corrected chi connectivity index (χ1v) is 6.47. The second-order valence-electron chi connectivity index (χ2n) is 4.26. The smallest absolute Gasteiger partial charge is 0.224 e. The molecular formula is C14H16F2N4O. The molecule has 0 fully saturated rings. The SMILES string of the molecule is COCCCNc1nccc(Nc2c(F)cccc2F)n1. The second kappa shape index (κ2) is 7.49. The zero-order chi connectivity index (χ0) is 15.1. The summed E-state index contributed by atoms with van der Waals surface area (Å²) >= 11 is 0. The van der Waals surface area contributed by atoms with E-state index < -0.39 is 11.6 Å². The fraction of sp³-hybridized carbons (Fsp3) is 0.286. The van der Waals surface area contributed by atoms with Crippen LogP contribution in [0.1, 0.15) is 6.42 Å². The predicted octanol–water partition coefficient (Wildman–Crippen LogP) is 2.95. The average molecular weight is 294 g/mol. The van der Waals surface area contributed by atoms with Crippen molar-refractivity contribution in [2.24, 2.45) is 0 Å². The number of benzene rings is 1. The van der Waals surface area contributed by atoms with Crippen molar-refractivity contribution in [1.29, 1.82) is 0 Å². The van der Waals surface area contributed by atoms with Crippen LogP contribution >= 0.6 is 0 Å². The molecular weight excluding hydrogens is 278 g/mol. The first-order chi connectivity index (χ1) is 10.2. The van der Waals surface area contributed by atoms with Gasteiger partial charge < -0.3 is 15.4 Å². The van der Waals surface area contributed by atoms with Crippen LogP contribution in [0.3, 0.4) is 0 Å². The lowest BCUT2D eigenvalue weighted by atomic mass is 10.3. The molecule has 0 radical (unpaired) electrons. The molecule has 7 heteroatoms. The summed E-state index contributed by atoms with van der Waals surface area (Å²) in [4.78, 5) is 8.17. The highest BCUT2D eigenvalue weighted by Crippen LogP contribution is 2.22. The highest BCUT2D eigenvalue weighted by atomic mass is 19.1. The number of anilines is 3. The molecule has 0 unspecified atom stereocenters. The van der Waals surface area contributed by atoms with Gasteiger partial charge in [0.2, 0.25) is 5.95 Å². The average Bonchev–Trinajstić information content (AvgIpc) is 2.48. The maximum Gasteiger partial charge on any atom is 0.224 e. The second-order valence-corrected chi connectivity index (χ2v) is 4.26. The van der Waals surface area contributed by atoms with Crippen LogP contribution in [-0.4, -0.2) is 30.2 Å². The summed E-state index contributed by atoms with van der Waals surface area (Å²) in [7, 11) is 1.63. The highest BCUT2D eigenvalue weighted by Gasteiger charge is 2.09. The van der Waals surface area contributed by atoms with Crippen molar-refractivity contribution in [3.8, 4) is 0 Å². The topological polar surface area (TPSA) is 59.1 Å². The van der Waals surface area contributed by atoms with Crippen LogP contribution in [0.25, 0.3) is 0 Å². The Kier molecular flexibility index (Phi) is 5.39. The largest absolute Gasteiger partial charge is 0.385 e. The van der Waals surface area contributed by atoms with Crippen LogP contribution < -0.4 is 10.6 Å². The van der Waals surface area contributed by atoms with E-state index >= 15 is 0 Å². The molecule has 0 bridgehead atoms. The summed E-state index contributed by atoms with van der Waals surface area (Å²) in [6.45, 7) is 1.27. The molecule has 0 saturated carbocycles. The van der Waals surface area contributed by atoms with E-state index in [1.807, 2.05) is 0 Å². The number of rotatable bonds is 7. The van der Waals surface area contributed by atoms with Crippen LogP contribution in [0.2, 0.25) is 0 Å². The van der Waals surface area contributed by atoms with E-state index in [0.717, 1.165) is 6.42 Å². The van der Waals surface area contributed by atoms with Gasteiger partial charge in [0.25, 0.3) is 0 Å². The summed E-state index contributed by atoms with van der Waals surface area (Å²) in [6.07, 6.45) is 2.31. The van der Waals surface area contributed by atoms with Crippen LogP contribution in [0.4, 0.5) is 26.2 Å². The third kappa shape index (κ3) is 4.35. The van der Waals surface area contributed by atoms with Gasteiger partial charge in [0.1, 0.15) is 23.1 Å². The molecule has 2 aromatic rings. The Morgan fingerprint density at radius 1 is 1.19 bits per heavy atom. The van der Waals surface area contributed by atoms with Crippen molar-refractivity contribution in [3.63, 3.8) is 0 Å². The number of hydrogen-bond acceptors (Lipinski definition) is 5. The van der Waals surface area contributed by atoms with Gasteiger partial charge in [0, 0.05) is 26.5 Å². The number of nitrogens with zero attached hydrogens (tertiary/aromatic N) is 2. The number of halogens is 2. The minimum absolute atomic E-state index is 0.235. The molecule has 1 heterocycles. The van der Waals surface area contributed by atoms with Crippen LogP contribution in [0.15, 0.2) is 30.5 Å². The minimum atomic E-state index is -0.678. The summed E-state index contributed by atoms with van der Waals surface area (Å²) in [5.74, 6) is -0.664. The third-order valence-electron chi connectivity index (χ3n) is 2.68. The third-order valence-corrected chi connectivity index (χ3v) is 2.68. The lowest BCUT2D eigenvalue weighted by Gasteiger charge is -2.09. The van der Waals surface area contributed by atoms with Gasteiger partial charge in [-0.25, -0.2) is 13.8 Å². The Labute approximate surface area is 121 Å². The molecule has 112 valence electrons. The van der Waals surface area contributed by atoms with E-state index in [1.165, 1.54) is 30.5 Å². The Bertz CT molecular complexity index is 575. The number of aromatic nitrogens is 2. The number of para-hydroxylation sites is 1. The van der Waals surface area contributed by atoms with Gasteiger partial charge in [-0.15, -0.1) is 0 Å². The molecule has 5 nitrogen and oxygen atoms in total. The van der Waals surface area contributed by atoms with Crippen molar-refractivity contribution in [3.05, 3.63) is 42.1 Å². The zero-order valence-electron chi connectivity index (χ0n) is 11.6. The standard InChI is InChI=1S/C14H16F2N4O/c1-21-9-3-7-17-14-18-8-6-12(20-14)19-13-10(15)4-2-5-11(13)16/h2,4-6,8H,3,7,9H2,1H3,(H2,17,18,19,20). The molecule has 0 amide bonds. The van der Waals surface area contributed by atoms with Gasteiger partial charge in [-0.2, -0.15) is 4.98 Å². The van der Waals surface area contributed by atoms with E-state index in [1.54, 1.807) is 7.11 Å². The maximum atomic E-state index is 13.5. The van der Waals surface area contributed by atoms with Crippen LogP contribution in [0, 0.1) is 11.6 Å².